The molecular weight excluding hydrogens is 262 g/mol. The Morgan fingerprint density at radius 2 is 1.72 bits per heavy atom. The average Bonchev–Trinajstić information content (AvgIpc) is 2.33. The van der Waals surface area contributed by atoms with Crippen molar-refractivity contribution in [2.75, 3.05) is 0 Å². The minimum atomic E-state index is -0.799. The lowest BCUT2D eigenvalue weighted by atomic mass is 10.2. The zero-order chi connectivity index (χ0) is 13.1. The molecule has 0 aliphatic carbocycles. The molecule has 2 nitrogen and oxygen atoms in total. The van der Waals surface area contributed by atoms with Crippen molar-refractivity contribution < 1.29 is 18.3 Å². The van der Waals surface area contributed by atoms with Crippen LogP contribution in [0.3, 0.4) is 0 Å². The molecule has 0 N–H and O–H groups in total. The summed E-state index contributed by atoms with van der Waals surface area (Å²) >= 11 is 5.28. The van der Waals surface area contributed by atoms with E-state index in [1.54, 1.807) is 0 Å². The smallest absolute Gasteiger partial charge is 0.252 e. The minimum Gasteiger partial charge on any atom is -0.454 e. The van der Waals surface area contributed by atoms with Crippen molar-refractivity contribution in [1.82, 2.24) is 0 Å². The van der Waals surface area contributed by atoms with Crippen molar-refractivity contribution >= 4 is 16.8 Å². The second-order valence-corrected chi connectivity index (χ2v) is 3.82. The van der Waals surface area contributed by atoms with Crippen molar-refractivity contribution in [1.29, 1.82) is 0 Å². The van der Waals surface area contributed by atoms with E-state index >= 15 is 0 Å². The van der Waals surface area contributed by atoms with E-state index in [9.17, 15) is 13.6 Å². The molecule has 2 aromatic carbocycles. The molecule has 0 aliphatic heterocycles. The van der Waals surface area contributed by atoms with E-state index in [2.05, 4.69) is 0 Å². The highest BCUT2D eigenvalue weighted by atomic mass is 35.5. The summed E-state index contributed by atoms with van der Waals surface area (Å²) in [4.78, 5) is 10.8. The number of ether oxygens (including phenoxy) is 1. The minimum absolute atomic E-state index is 0.0960. The lowest BCUT2D eigenvalue weighted by molar-refractivity contribution is 0.108. The van der Waals surface area contributed by atoms with Crippen LogP contribution in [-0.4, -0.2) is 5.24 Å². The Morgan fingerprint density at radius 1 is 1.06 bits per heavy atom. The van der Waals surface area contributed by atoms with Crippen LogP contribution < -0.4 is 4.74 Å². The average molecular weight is 269 g/mol. The molecule has 0 saturated heterocycles. The molecule has 92 valence electrons. The molecule has 2 aromatic rings. The van der Waals surface area contributed by atoms with Crippen molar-refractivity contribution in [3.05, 3.63) is 59.7 Å². The number of benzene rings is 2. The summed E-state index contributed by atoms with van der Waals surface area (Å²) in [6.07, 6.45) is 0. The van der Waals surface area contributed by atoms with Crippen molar-refractivity contribution in [2.45, 2.75) is 0 Å². The van der Waals surface area contributed by atoms with Crippen molar-refractivity contribution in [3.63, 3.8) is 0 Å². The predicted octanol–water partition coefficient (Wildman–Crippen LogP) is 4.14. The van der Waals surface area contributed by atoms with Crippen LogP contribution in [0.2, 0.25) is 0 Å². The summed E-state index contributed by atoms with van der Waals surface area (Å²) in [6.45, 7) is 0. The fourth-order valence-corrected chi connectivity index (χ4v) is 1.46. The van der Waals surface area contributed by atoms with Gasteiger partial charge < -0.3 is 4.74 Å². The van der Waals surface area contributed by atoms with E-state index in [-0.39, 0.29) is 5.75 Å². The summed E-state index contributed by atoms with van der Waals surface area (Å²) in [5.74, 6) is -1.25. The molecule has 0 saturated carbocycles. The second-order valence-electron chi connectivity index (χ2n) is 3.47. The molecule has 0 radical (unpaired) electrons. The van der Waals surface area contributed by atoms with Crippen LogP contribution in [0.15, 0.2) is 42.5 Å². The largest absolute Gasteiger partial charge is 0.454 e. The zero-order valence-electron chi connectivity index (χ0n) is 8.99. The summed E-state index contributed by atoms with van der Waals surface area (Å²) in [7, 11) is 0. The molecule has 0 heterocycles. The van der Waals surface area contributed by atoms with Crippen molar-refractivity contribution in [3.8, 4) is 11.5 Å². The van der Waals surface area contributed by atoms with Crippen LogP contribution in [0.5, 0.6) is 11.5 Å². The van der Waals surface area contributed by atoms with E-state index in [1.165, 1.54) is 30.3 Å². The van der Waals surface area contributed by atoms with Gasteiger partial charge in [0.1, 0.15) is 11.6 Å². The SMILES string of the molecule is O=C(Cl)c1ccc(Oc2ccc(F)cc2F)cc1. The van der Waals surface area contributed by atoms with Crippen LogP contribution in [-0.2, 0) is 0 Å². The summed E-state index contributed by atoms with van der Waals surface area (Å²) in [5.41, 5.74) is 0.309. The Labute approximate surface area is 107 Å². The molecule has 18 heavy (non-hydrogen) atoms. The van der Waals surface area contributed by atoms with Crippen molar-refractivity contribution in [2.24, 2.45) is 0 Å². The second kappa shape index (κ2) is 5.14. The topological polar surface area (TPSA) is 26.3 Å². The first-order chi connectivity index (χ1) is 8.56. The molecule has 0 amide bonds. The number of carbonyl (C=O) groups is 1. The maximum atomic E-state index is 13.3. The summed E-state index contributed by atoms with van der Waals surface area (Å²) in [5, 5.41) is -0.588. The van der Waals surface area contributed by atoms with E-state index in [0.717, 1.165) is 12.1 Å². The molecule has 5 heteroatoms. The highest BCUT2D eigenvalue weighted by Gasteiger charge is 2.07. The van der Waals surface area contributed by atoms with Gasteiger partial charge in [-0.15, -0.1) is 0 Å². The van der Waals surface area contributed by atoms with Gasteiger partial charge in [-0.1, -0.05) is 0 Å². The first kappa shape index (κ1) is 12.5. The Balaban J connectivity index is 2.21. The van der Waals surface area contributed by atoms with E-state index < -0.39 is 16.9 Å². The molecule has 0 fully saturated rings. The monoisotopic (exact) mass is 268 g/mol. The van der Waals surface area contributed by atoms with E-state index in [4.69, 9.17) is 16.3 Å². The molecule has 0 aromatic heterocycles. The molecule has 0 atom stereocenters. The standard InChI is InChI=1S/C13H7ClF2O2/c14-13(17)8-1-4-10(5-2-8)18-12-6-3-9(15)7-11(12)16/h1-7H. The molecule has 2 rings (SSSR count). The first-order valence-electron chi connectivity index (χ1n) is 4.99. The highest BCUT2D eigenvalue weighted by molar-refractivity contribution is 6.67. The predicted molar refractivity (Wildman–Crippen MR) is 63.1 cm³/mol. The van der Waals surface area contributed by atoms with Crippen LogP contribution in [0.1, 0.15) is 10.4 Å². The quantitative estimate of drug-likeness (QED) is 0.782. The number of hydrogen-bond acceptors (Lipinski definition) is 2. The maximum absolute atomic E-state index is 13.3. The van der Waals surface area contributed by atoms with Crippen LogP contribution in [0.4, 0.5) is 8.78 Å². The van der Waals surface area contributed by atoms with Gasteiger partial charge in [0.2, 0.25) is 0 Å². The third-order valence-corrected chi connectivity index (χ3v) is 2.42. The number of rotatable bonds is 3. The van der Waals surface area contributed by atoms with Crippen LogP contribution >= 0.6 is 11.6 Å². The highest BCUT2D eigenvalue weighted by Crippen LogP contribution is 2.25. The fraction of sp³-hybridized carbons (Fsp3) is 0. The summed E-state index contributed by atoms with van der Waals surface area (Å²) < 4.78 is 31.2. The van der Waals surface area contributed by atoms with Gasteiger partial charge >= 0.3 is 0 Å². The van der Waals surface area contributed by atoms with Gasteiger partial charge in [0.05, 0.1) is 0 Å². The van der Waals surface area contributed by atoms with Gasteiger partial charge in [0.25, 0.3) is 5.24 Å². The molecule has 0 unspecified atom stereocenters. The van der Waals surface area contributed by atoms with Gasteiger partial charge in [-0.3, -0.25) is 4.79 Å². The van der Waals surface area contributed by atoms with E-state index in [1.807, 2.05) is 0 Å². The maximum Gasteiger partial charge on any atom is 0.252 e. The Bertz CT molecular complexity index is 582. The van der Waals surface area contributed by atoms with E-state index in [0.29, 0.717) is 11.3 Å². The van der Waals surface area contributed by atoms with Gasteiger partial charge in [-0.2, -0.15) is 0 Å². The molecule has 0 aliphatic rings. The third kappa shape index (κ3) is 2.84. The lowest BCUT2D eigenvalue weighted by Crippen LogP contribution is -1.91. The van der Waals surface area contributed by atoms with Gasteiger partial charge in [-0.05, 0) is 48.0 Å². The molecule has 0 spiro atoms. The normalized spacial score (nSPS) is 10.2. The molecule has 0 bridgehead atoms. The number of halogens is 3. The van der Waals surface area contributed by atoms with Gasteiger partial charge in [0, 0.05) is 11.6 Å². The van der Waals surface area contributed by atoms with Gasteiger partial charge in [-0.25, -0.2) is 8.78 Å². The Hall–Kier alpha value is -1.94. The lowest BCUT2D eigenvalue weighted by Gasteiger charge is -2.06. The van der Waals surface area contributed by atoms with Gasteiger partial charge in [0.15, 0.2) is 11.6 Å². The Kier molecular flexibility index (Phi) is 3.58. The van der Waals surface area contributed by atoms with Crippen LogP contribution in [0.25, 0.3) is 0 Å². The molecular formula is C13H7ClF2O2. The number of hydrogen-bond donors (Lipinski definition) is 0. The third-order valence-electron chi connectivity index (χ3n) is 2.20. The van der Waals surface area contributed by atoms with Crippen LogP contribution in [0, 0.1) is 11.6 Å². The zero-order valence-corrected chi connectivity index (χ0v) is 9.75. The number of carbonyl (C=O) groups excluding carboxylic acids is 1. The summed E-state index contributed by atoms with van der Waals surface area (Å²) in [6, 6.07) is 8.85. The Morgan fingerprint density at radius 3 is 2.28 bits per heavy atom. The fourth-order valence-electron chi connectivity index (χ4n) is 1.34. The first-order valence-corrected chi connectivity index (χ1v) is 5.37.